The molecule has 18 N–H and O–H groups in total. The highest BCUT2D eigenvalue weighted by molar-refractivity contribution is 8.01. The van der Waals surface area contributed by atoms with Gasteiger partial charge in [0.05, 0.1) is 56.7 Å². The van der Waals surface area contributed by atoms with E-state index < -0.39 is 181 Å². The van der Waals surface area contributed by atoms with E-state index in [1.807, 2.05) is 0 Å². The molecule has 1 aromatic carbocycles. The molecule has 3 aliphatic rings. The molecule has 552 valence electrons. The van der Waals surface area contributed by atoms with Gasteiger partial charge in [0.25, 0.3) is 0 Å². The minimum atomic E-state index is -2.22. The van der Waals surface area contributed by atoms with Crippen molar-refractivity contribution in [1.29, 1.82) is 0 Å². The van der Waals surface area contributed by atoms with Crippen LogP contribution < -0.4 is 30.2 Å². The van der Waals surface area contributed by atoms with Crippen LogP contribution in [-0.2, 0) is 82.4 Å². The smallest absolute Gasteiger partial charge is 0.346 e. The molecule has 0 bridgehead atoms. The zero-order valence-corrected chi connectivity index (χ0v) is 56.3. The maximum absolute atomic E-state index is 12.8. The lowest BCUT2D eigenvalue weighted by molar-refractivity contribution is -0.219. The quantitative estimate of drug-likeness (QED) is 0.0147. The van der Waals surface area contributed by atoms with Gasteiger partial charge in [0.1, 0.15) is 108 Å². The minimum Gasteiger partial charge on any atom is -0.487 e. The van der Waals surface area contributed by atoms with Crippen molar-refractivity contribution < 1.29 is 134 Å². The second-order valence-corrected chi connectivity index (χ2v) is 28.2. The number of rotatable bonds is 39. The molecule has 3 aliphatic heterocycles. The fraction of sp³-hybridized carbons (Fsp3) is 0.684. The van der Waals surface area contributed by atoms with Gasteiger partial charge in [0.2, 0.25) is 32.5 Å². The summed E-state index contributed by atoms with van der Waals surface area (Å²) < 4.78 is 40.3. The van der Waals surface area contributed by atoms with Crippen LogP contribution in [0, 0.1) is 0 Å². The van der Waals surface area contributed by atoms with Crippen LogP contribution in [0.15, 0.2) is 36.8 Å². The molecule has 3 saturated heterocycles. The summed E-state index contributed by atoms with van der Waals surface area (Å²) >= 11 is 2.30. The summed E-state index contributed by atoms with van der Waals surface area (Å²) in [5.41, 5.74) is -5.49. The Morgan fingerprint density at radius 3 is 0.960 bits per heavy atom. The Bertz CT molecular complexity index is 3030. The molecule has 3 amide bonds. The van der Waals surface area contributed by atoms with Crippen molar-refractivity contribution in [3.63, 3.8) is 0 Å². The number of hydrogen-bond acceptors (Lipinski definition) is 33. The summed E-state index contributed by atoms with van der Waals surface area (Å²) in [7, 11) is 0. The minimum absolute atomic E-state index is 0.0741. The number of nitrogens with zero attached hydrogens (tertiary/aromatic N) is 9. The summed E-state index contributed by atoms with van der Waals surface area (Å²) in [6.07, 6.45) is -13.2. The molecule has 0 radical (unpaired) electrons. The fourth-order valence-electron chi connectivity index (χ4n) is 11.3. The van der Waals surface area contributed by atoms with Gasteiger partial charge in [-0.25, -0.2) is 14.4 Å². The molecule has 0 spiro atoms. The summed E-state index contributed by atoms with van der Waals surface area (Å²) in [6, 6.07) is 4.62. The number of aliphatic carboxylic acids is 3. The predicted molar refractivity (Wildman–Crippen MR) is 338 cm³/mol. The number of benzene rings is 1. The topological polar surface area (TPSA) is 589 Å². The summed E-state index contributed by atoms with van der Waals surface area (Å²) in [5.74, 6) is -5.85. The van der Waals surface area contributed by atoms with E-state index in [1.54, 1.807) is 18.6 Å². The number of amides is 3. The third-order valence-electron chi connectivity index (χ3n) is 15.7. The number of nitrogens with one attached hydrogen (secondary N) is 3. The van der Waals surface area contributed by atoms with Crippen LogP contribution in [0.5, 0.6) is 17.2 Å². The van der Waals surface area contributed by atoms with Crippen molar-refractivity contribution in [3.8, 4) is 17.2 Å². The van der Waals surface area contributed by atoms with Gasteiger partial charge in [-0.2, -0.15) is 0 Å². The number of ether oxygens (including phenoxy) is 6. The fourth-order valence-corrected chi connectivity index (χ4v) is 15.1. The molecule has 99 heavy (non-hydrogen) atoms. The molecular weight excluding hydrogens is 1380 g/mol. The van der Waals surface area contributed by atoms with Crippen molar-refractivity contribution in [2.75, 3.05) is 37.1 Å². The first-order chi connectivity index (χ1) is 46.7. The molecule has 0 saturated carbocycles. The molecule has 6 heterocycles. The maximum atomic E-state index is 12.8. The van der Waals surface area contributed by atoms with Crippen LogP contribution in [0.2, 0.25) is 0 Å². The van der Waals surface area contributed by atoms with Gasteiger partial charge in [-0.3, -0.25) is 28.4 Å². The Hall–Kier alpha value is -6.69. The average Bonchev–Trinajstić information content (AvgIpc) is 1.24. The third-order valence-corrected chi connectivity index (χ3v) is 19.8. The predicted octanol–water partition coefficient (Wildman–Crippen LogP) is -4.94. The summed E-state index contributed by atoms with van der Waals surface area (Å²) in [6.45, 7) is 0.691. The lowest BCUT2D eigenvalue weighted by atomic mass is 9.89. The first kappa shape index (κ1) is 79.6. The lowest BCUT2D eigenvalue weighted by Crippen LogP contribution is -2.64. The highest BCUT2D eigenvalue weighted by atomic mass is 32.2. The van der Waals surface area contributed by atoms with Crippen LogP contribution in [0.25, 0.3) is 0 Å². The lowest BCUT2D eigenvalue weighted by Gasteiger charge is -2.47. The van der Waals surface area contributed by atoms with Crippen molar-refractivity contribution in [2.24, 2.45) is 0 Å². The molecule has 6 unspecified atom stereocenters. The van der Waals surface area contributed by atoms with E-state index >= 15 is 0 Å². The van der Waals surface area contributed by atoms with E-state index in [0.717, 1.165) is 56.1 Å². The van der Waals surface area contributed by atoms with Crippen LogP contribution in [-0.4, -0.2) is 281 Å². The largest absolute Gasteiger partial charge is 0.487 e. The molecule has 42 heteroatoms. The van der Waals surface area contributed by atoms with Gasteiger partial charge in [-0.15, -0.1) is 50.6 Å². The molecular formula is C57H84N12O27S3. The monoisotopic (exact) mass is 1460 g/mol. The van der Waals surface area contributed by atoms with Gasteiger partial charge >= 0.3 is 17.9 Å². The second kappa shape index (κ2) is 34.8. The standard InChI is InChI=1S/C57H84N12O27S3/c1-31(73)58-52(88)16-43(46(79)40(76)22-70)94-55(28-52,49(82)83)97-10-4-7-67-19-34(61-64-67)25-91-37-13-38(92-26-35-20-68(65-62-35)8-5-11-98-56(50(84)85)29-53(89,59-32(2)74)17-44(95-56)47(80)41(77)23-71)15-39(14-37)93-27-36-21-69(66-63-36)9-6-12-99-57(51(86)87)30-54(90,60-33(3)75)18-45(96-57)48(81)42(78)24-72/h13-15,19-21,40-48,70-72,76-81,88-90H,4-12,16-18,22-30H2,1-3H3,(H,58,73)(H,59,74)(H,60,75)(H,82,83)(H,84,85)(H,86,87)/t40?,41?,42?,43-,44-,45-,46?,47?,48?,52-,53-,54-,55-,56-,57-/m1/s1. The Balaban J connectivity index is 1.00. The molecule has 7 rings (SSSR count). The number of aliphatic hydroxyl groups excluding tert-OH is 9. The highest BCUT2D eigenvalue weighted by Crippen LogP contribution is 2.47. The number of carboxylic acids is 3. The average molecular weight is 1470 g/mol. The molecule has 0 aliphatic carbocycles. The SMILES string of the molecule is CC(=O)N[C@@]1(O)C[C@H](C(O)C(O)CO)O[C@](SCCCn2cc(COc3cc(OCc4cn(CCCS[C@@]5(C(=O)O)C[C@@](O)(NC(C)=O)C[C@H](C(O)C(O)CO)O5)nn4)cc(OCc4cn(CCCS[C@@]5(C(=O)O)C[C@@](O)(NC(C)=O)C[C@H](C(O)C(O)CO)O5)nn4)c3)nn2)(C(=O)O)C1. The van der Waals surface area contributed by atoms with E-state index in [0.29, 0.717) is 17.1 Å². The highest BCUT2D eigenvalue weighted by Gasteiger charge is 2.59. The first-order valence-corrected chi connectivity index (χ1v) is 33.9. The Labute approximate surface area is 576 Å². The molecule has 3 fully saturated rings. The van der Waals surface area contributed by atoms with Crippen LogP contribution in [0.1, 0.15) is 95.6 Å². The van der Waals surface area contributed by atoms with E-state index in [2.05, 4.69) is 46.9 Å². The number of hydrogen-bond donors (Lipinski definition) is 18. The van der Waals surface area contributed by atoms with Crippen molar-refractivity contribution in [2.45, 2.75) is 205 Å². The van der Waals surface area contributed by atoms with E-state index in [9.17, 15) is 105 Å². The van der Waals surface area contributed by atoms with Gasteiger partial charge in [0, 0.05) is 97.1 Å². The Morgan fingerprint density at radius 1 is 0.485 bits per heavy atom. The van der Waals surface area contributed by atoms with Crippen LogP contribution in [0.3, 0.4) is 0 Å². The van der Waals surface area contributed by atoms with Crippen molar-refractivity contribution >= 4 is 70.9 Å². The number of carbonyl (C=O) groups excluding carboxylic acids is 3. The molecule has 4 aromatic rings. The first-order valence-electron chi connectivity index (χ1n) is 31.0. The number of thioether (sulfide) groups is 3. The van der Waals surface area contributed by atoms with Crippen LogP contribution >= 0.6 is 35.3 Å². The third kappa shape index (κ3) is 21.9. The number of carboxylic acid groups (broad SMARTS) is 3. The second-order valence-electron chi connectivity index (χ2n) is 24.2. The molecule has 15 atom stereocenters. The normalized spacial score (nSPS) is 27.4. The van der Waals surface area contributed by atoms with Crippen molar-refractivity contribution in [3.05, 3.63) is 53.9 Å². The Morgan fingerprint density at radius 2 is 0.737 bits per heavy atom. The van der Waals surface area contributed by atoms with E-state index in [4.69, 9.17) is 28.4 Å². The van der Waals surface area contributed by atoms with Gasteiger partial charge < -0.3 is 121 Å². The van der Waals surface area contributed by atoms with Gasteiger partial charge in [-0.05, 0) is 36.5 Å². The van der Waals surface area contributed by atoms with E-state index in [1.165, 1.54) is 32.2 Å². The van der Waals surface area contributed by atoms with Gasteiger partial charge in [-0.1, -0.05) is 15.6 Å². The maximum Gasteiger partial charge on any atom is 0.346 e. The van der Waals surface area contributed by atoms with Gasteiger partial charge in [0.15, 0.2) is 0 Å². The molecule has 39 nitrogen and oxygen atoms in total. The number of aliphatic hydroxyl groups is 12. The Kier molecular flexibility index (Phi) is 28.0. The number of aryl methyl sites for hydroxylation is 3. The molecule has 3 aromatic heterocycles. The number of carbonyl (C=O) groups is 6. The summed E-state index contributed by atoms with van der Waals surface area (Å²) in [4.78, 5) is 67.8. The zero-order valence-electron chi connectivity index (χ0n) is 53.9. The van der Waals surface area contributed by atoms with E-state index in [-0.39, 0.29) is 93.2 Å². The van der Waals surface area contributed by atoms with Crippen LogP contribution in [0.4, 0.5) is 0 Å². The van der Waals surface area contributed by atoms with Crippen molar-refractivity contribution in [1.82, 2.24) is 60.9 Å². The zero-order chi connectivity index (χ0) is 72.7. The summed E-state index contributed by atoms with van der Waals surface area (Å²) in [5, 5.41) is 188. The number of aromatic nitrogens is 9.